The van der Waals surface area contributed by atoms with E-state index in [2.05, 4.69) is 4.98 Å². The number of nitrogens with two attached hydrogens (primary N) is 1. The Morgan fingerprint density at radius 1 is 1.20 bits per heavy atom. The van der Waals surface area contributed by atoms with Crippen LogP contribution in [0.25, 0.3) is 16.9 Å². The van der Waals surface area contributed by atoms with Crippen molar-refractivity contribution in [1.82, 2.24) is 9.38 Å². The number of methoxy groups -OCH3 is 1. The molecule has 0 saturated heterocycles. The summed E-state index contributed by atoms with van der Waals surface area (Å²) in [6.45, 7) is 2.01. The summed E-state index contributed by atoms with van der Waals surface area (Å²) < 4.78 is 7.11. The summed E-state index contributed by atoms with van der Waals surface area (Å²) in [5, 5.41) is 0.517. The third-order valence-corrected chi connectivity index (χ3v) is 3.71. The molecule has 3 rings (SSSR count). The van der Waals surface area contributed by atoms with Crippen LogP contribution in [0.15, 0.2) is 36.5 Å². The van der Waals surface area contributed by atoms with Crippen LogP contribution in [-0.4, -0.2) is 16.5 Å². The highest BCUT2D eigenvalue weighted by Crippen LogP contribution is 2.30. The first-order valence-corrected chi connectivity index (χ1v) is 6.56. The molecule has 0 unspecified atom stereocenters. The van der Waals surface area contributed by atoms with Crippen LogP contribution in [0.4, 0.5) is 5.69 Å². The van der Waals surface area contributed by atoms with E-state index in [9.17, 15) is 0 Å². The SMILES string of the molecule is COc1ccc(-c2nc3c(N)c(Cl)ccn3c2C)cc1. The van der Waals surface area contributed by atoms with Crippen LogP contribution in [0, 0.1) is 6.92 Å². The Hall–Kier alpha value is -2.20. The third-order valence-electron chi connectivity index (χ3n) is 3.38. The molecule has 102 valence electrons. The number of halogens is 1. The minimum absolute atomic E-state index is 0.497. The van der Waals surface area contributed by atoms with Crippen molar-refractivity contribution in [2.75, 3.05) is 12.8 Å². The van der Waals surface area contributed by atoms with E-state index < -0.39 is 0 Å². The van der Waals surface area contributed by atoms with Gasteiger partial charge >= 0.3 is 0 Å². The molecule has 2 aromatic heterocycles. The Labute approximate surface area is 121 Å². The summed E-state index contributed by atoms with van der Waals surface area (Å²) in [4.78, 5) is 4.61. The van der Waals surface area contributed by atoms with Crippen molar-refractivity contribution in [2.24, 2.45) is 0 Å². The minimum Gasteiger partial charge on any atom is -0.497 e. The molecule has 5 heteroatoms. The average Bonchev–Trinajstić information content (AvgIpc) is 2.81. The van der Waals surface area contributed by atoms with Gasteiger partial charge in [-0.25, -0.2) is 4.98 Å². The minimum atomic E-state index is 0.497. The summed E-state index contributed by atoms with van der Waals surface area (Å²) in [6, 6.07) is 9.55. The molecule has 20 heavy (non-hydrogen) atoms. The second-order valence-electron chi connectivity index (χ2n) is 4.55. The second-order valence-corrected chi connectivity index (χ2v) is 4.95. The zero-order valence-corrected chi connectivity index (χ0v) is 12.0. The Kier molecular flexibility index (Phi) is 3.03. The monoisotopic (exact) mass is 287 g/mol. The van der Waals surface area contributed by atoms with E-state index in [-0.39, 0.29) is 0 Å². The smallest absolute Gasteiger partial charge is 0.162 e. The Bertz CT molecular complexity index is 778. The highest BCUT2D eigenvalue weighted by atomic mass is 35.5. The molecule has 0 aliphatic rings. The van der Waals surface area contributed by atoms with Gasteiger partial charge < -0.3 is 14.9 Å². The lowest BCUT2D eigenvalue weighted by Crippen LogP contribution is -1.94. The zero-order chi connectivity index (χ0) is 14.3. The number of fused-ring (bicyclic) bond motifs is 1. The van der Waals surface area contributed by atoms with E-state index in [0.29, 0.717) is 16.4 Å². The molecule has 0 atom stereocenters. The van der Waals surface area contributed by atoms with E-state index in [1.165, 1.54) is 0 Å². The van der Waals surface area contributed by atoms with Gasteiger partial charge in [-0.15, -0.1) is 0 Å². The molecule has 0 radical (unpaired) electrons. The number of rotatable bonds is 2. The van der Waals surface area contributed by atoms with Crippen LogP contribution in [0.1, 0.15) is 5.69 Å². The van der Waals surface area contributed by atoms with Crippen molar-refractivity contribution in [3.05, 3.63) is 47.2 Å². The highest BCUT2D eigenvalue weighted by Gasteiger charge is 2.13. The molecule has 0 fully saturated rings. The van der Waals surface area contributed by atoms with E-state index in [1.54, 1.807) is 13.2 Å². The number of imidazole rings is 1. The fraction of sp³-hybridized carbons (Fsp3) is 0.133. The first-order valence-electron chi connectivity index (χ1n) is 6.19. The van der Waals surface area contributed by atoms with E-state index in [4.69, 9.17) is 22.1 Å². The van der Waals surface area contributed by atoms with Gasteiger partial charge in [-0.2, -0.15) is 0 Å². The highest BCUT2D eigenvalue weighted by molar-refractivity contribution is 6.33. The topological polar surface area (TPSA) is 52.5 Å². The van der Waals surface area contributed by atoms with Gasteiger partial charge in [0.05, 0.1) is 23.5 Å². The molecule has 1 aromatic carbocycles. The predicted molar refractivity (Wildman–Crippen MR) is 81.3 cm³/mol. The maximum atomic E-state index is 6.04. The number of ether oxygens (including phenoxy) is 1. The first kappa shape index (κ1) is 12.8. The number of aryl methyl sites for hydroxylation is 1. The number of hydrogen-bond acceptors (Lipinski definition) is 3. The maximum Gasteiger partial charge on any atom is 0.162 e. The average molecular weight is 288 g/mol. The third kappa shape index (κ3) is 1.89. The summed E-state index contributed by atoms with van der Waals surface area (Å²) in [7, 11) is 1.65. The number of aromatic nitrogens is 2. The molecule has 0 spiro atoms. The van der Waals surface area contributed by atoms with Gasteiger partial charge in [-0.1, -0.05) is 11.6 Å². The number of hydrogen-bond donors (Lipinski definition) is 1. The molecule has 3 aromatic rings. The summed E-state index contributed by atoms with van der Waals surface area (Å²) in [5.41, 5.74) is 10.1. The number of pyridine rings is 1. The van der Waals surface area contributed by atoms with E-state index >= 15 is 0 Å². The van der Waals surface area contributed by atoms with Crippen LogP contribution in [-0.2, 0) is 0 Å². The summed E-state index contributed by atoms with van der Waals surface area (Å²) in [5.74, 6) is 0.817. The van der Waals surface area contributed by atoms with Crippen molar-refractivity contribution >= 4 is 22.9 Å². The number of nitrogen functional groups attached to an aromatic ring is 1. The molecule has 0 amide bonds. The van der Waals surface area contributed by atoms with Gasteiger partial charge in [0.25, 0.3) is 0 Å². The van der Waals surface area contributed by atoms with Crippen LogP contribution in [0.2, 0.25) is 5.02 Å². The molecule has 2 heterocycles. The van der Waals surface area contributed by atoms with Gasteiger partial charge in [0.15, 0.2) is 5.65 Å². The molecule has 4 nitrogen and oxygen atoms in total. The van der Waals surface area contributed by atoms with Crippen LogP contribution in [0.5, 0.6) is 5.75 Å². The molecule has 2 N–H and O–H groups in total. The van der Waals surface area contributed by atoms with Crippen LogP contribution >= 0.6 is 11.6 Å². The van der Waals surface area contributed by atoms with Crippen LogP contribution in [0.3, 0.4) is 0 Å². The largest absolute Gasteiger partial charge is 0.497 e. The first-order chi connectivity index (χ1) is 9.61. The number of benzene rings is 1. The van der Waals surface area contributed by atoms with Gasteiger partial charge in [0, 0.05) is 17.5 Å². The maximum absolute atomic E-state index is 6.04. The van der Waals surface area contributed by atoms with Gasteiger partial charge in [0.1, 0.15) is 5.75 Å². The summed E-state index contributed by atoms with van der Waals surface area (Å²) in [6.07, 6.45) is 1.88. The second kappa shape index (κ2) is 4.72. The summed E-state index contributed by atoms with van der Waals surface area (Å²) >= 11 is 6.04. The predicted octanol–water partition coefficient (Wildman–Crippen LogP) is 3.55. The lowest BCUT2D eigenvalue weighted by Gasteiger charge is -2.02. The fourth-order valence-electron chi connectivity index (χ4n) is 2.24. The number of nitrogens with zero attached hydrogens (tertiary/aromatic N) is 2. The lowest BCUT2D eigenvalue weighted by atomic mass is 10.1. The molecular formula is C15H14ClN3O. The lowest BCUT2D eigenvalue weighted by molar-refractivity contribution is 0.415. The Balaban J connectivity index is 2.20. The van der Waals surface area contributed by atoms with Gasteiger partial charge in [0.2, 0.25) is 0 Å². The Morgan fingerprint density at radius 3 is 2.55 bits per heavy atom. The van der Waals surface area contributed by atoms with E-state index in [0.717, 1.165) is 22.7 Å². The Morgan fingerprint density at radius 2 is 1.90 bits per heavy atom. The van der Waals surface area contributed by atoms with Crippen molar-refractivity contribution in [1.29, 1.82) is 0 Å². The quantitative estimate of drug-likeness (QED) is 0.784. The van der Waals surface area contributed by atoms with E-state index in [1.807, 2.05) is 41.8 Å². The fourth-order valence-corrected chi connectivity index (χ4v) is 2.39. The number of anilines is 1. The standard InChI is InChI=1S/C15H14ClN3O/c1-9-14(10-3-5-11(20-2)6-4-10)18-15-13(17)12(16)7-8-19(9)15/h3-8H,17H2,1-2H3. The molecule has 0 aliphatic carbocycles. The molecule has 0 aliphatic heterocycles. The zero-order valence-electron chi connectivity index (χ0n) is 11.2. The van der Waals surface area contributed by atoms with Gasteiger partial charge in [-0.05, 0) is 37.3 Å². The van der Waals surface area contributed by atoms with Crippen molar-refractivity contribution in [3.63, 3.8) is 0 Å². The van der Waals surface area contributed by atoms with Crippen LogP contribution < -0.4 is 10.5 Å². The van der Waals surface area contributed by atoms with Crippen molar-refractivity contribution < 1.29 is 4.74 Å². The van der Waals surface area contributed by atoms with Crippen molar-refractivity contribution in [3.8, 4) is 17.0 Å². The molecular weight excluding hydrogens is 274 g/mol. The normalized spacial score (nSPS) is 10.9. The van der Waals surface area contributed by atoms with Gasteiger partial charge in [-0.3, -0.25) is 0 Å². The van der Waals surface area contributed by atoms with Crippen molar-refractivity contribution in [2.45, 2.75) is 6.92 Å². The molecule has 0 saturated carbocycles. The molecule has 0 bridgehead atoms.